The van der Waals surface area contributed by atoms with Gasteiger partial charge >= 0.3 is 0 Å². The first-order valence-electron chi connectivity index (χ1n) is 7.09. The molecule has 2 aliphatic rings. The third kappa shape index (κ3) is 2.14. The molecule has 1 aliphatic carbocycles. The number of carbonyl (C=O) groups is 1. The van der Waals surface area contributed by atoms with Gasteiger partial charge in [0.05, 0.1) is 11.5 Å². The summed E-state index contributed by atoms with van der Waals surface area (Å²) in [6, 6.07) is -0.118. The van der Waals surface area contributed by atoms with E-state index in [9.17, 15) is 4.79 Å². The van der Waals surface area contributed by atoms with Crippen molar-refractivity contribution >= 4 is 5.91 Å². The molecule has 6 nitrogen and oxygen atoms in total. The lowest BCUT2D eigenvalue weighted by molar-refractivity contribution is -0.134. The fourth-order valence-corrected chi connectivity index (χ4v) is 3.52. The van der Waals surface area contributed by atoms with Crippen LogP contribution in [0.2, 0.25) is 0 Å². The topological polar surface area (TPSA) is 82.7 Å². The second-order valence-electron chi connectivity index (χ2n) is 5.80. The van der Waals surface area contributed by atoms with Gasteiger partial charge in [-0.3, -0.25) is 9.89 Å². The van der Waals surface area contributed by atoms with Gasteiger partial charge in [-0.2, -0.15) is 5.10 Å². The third-order valence-electron chi connectivity index (χ3n) is 4.68. The Labute approximate surface area is 112 Å². The molecule has 0 aromatic carbocycles. The van der Waals surface area contributed by atoms with Crippen molar-refractivity contribution in [2.45, 2.75) is 38.6 Å². The quantitative estimate of drug-likeness (QED) is 0.752. The molecule has 1 aromatic heterocycles. The minimum atomic E-state index is -0.202. The number of hydrogen-bond donors (Lipinski definition) is 3. The molecule has 1 unspecified atom stereocenters. The summed E-state index contributed by atoms with van der Waals surface area (Å²) in [4.78, 5) is 16.8. The van der Waals surface area contributed by atoms with Crippen LogP contribution in [0.5, 0.6) is 0 Å². The second kappa shape index (κ2) is 4.92. The lowest BCUT2D eigenvalue weighted by Gasteiger charge is -2.37. The molecule has 1 saturated heterocycles. The highest BCUT2D eigenvalue weighted by molar-refractivity contribution is 5.84. The van der Waals surface area contributed by atoms with Crippen molar-refractivity contribution in [3.8, 4) is 0 Å². The summed E-state index contributed by atoms with van der Waals surface area (Å²) in [5.74, 6) is 1.37. The van der Waals surface area contributed by atoms with Crippen molar-refractivity contribution in [1.82, 2.24) is 25.8 Å². The molecule has 1 aromatic rings. The Bertz CT molecular complexity index is 446. The first kappa shape index (κ1) is 12.6. The average Bonchev–Trinajstić information content (AvgIpc) is 3.08. The summed E-state index contributed by atoms with van der Waals surface area (Å²) >= 11 is 0. The molecular formula is C13H21N5O. The zero-order valence-corrected chi connectivity index (χ0v) is 11.3. The van der Waals surface area contributed by atoms with Crippen molar-refractivity contribution in [2.24, 2.45) is 11.3 Å². The van der Waals surface area contributed by atoms with Crippen molar-refractivity contribution in [3.63, 3.8) is 0 Å². The van der Waals surface area contributed by atoms with Crippen LogP contribution in [-0.2, 0) is 4.79 Å². The number of hydrogen-bond acceptors (Lipinski definition) is 4. The van der Waals surface area contributed by atoms with E-state index in [4.69, 9.17) is 0 Å². The van der Waals surface area contributed by atoms with E-state index in [0.29, 0.717) is 11.7 Å². The normalized spacial score (nSPS) is 31.7. The number of H-pyrrole nitrogens is 1. The molecule has 2 heterocycles. The maximum absolute atomic E-state index is 12.7. The average molecular weight is 263 g/mol. The largest absolute Gasteiger partial charge is 0.346 e. The number of fused-ring (bicyclic) bond motifs is 1. The highest BCUT2D eigenvalue weighted by Crippen LogP contribution is 2.44. The first-order chi connectivity index (χ1) is 9.22. The van der Waals surface area contributed by atoms with Crippen LogP contribution in [0.25, 0.3) is 0 Å². The SMILES string of the molecule is CC(NC(=O)[C@@]12CCCC[C@H]1CNC2)c1ncn[nH]1. The summed E-state index contributed by atoms with van der Waals surface area (Å²) in [5, 5.41) is 13.1. The fraction of sp³-hybridized carbons (Fsp3) is 0.769. The summed E-state index contributed by atoms with van der Waals surface area (Å²) in [6.07, 6.45) is 6.04. The van der Waals surface area contributed by atoms with E-state index in [1.54, 1.807) is 0 Å². The standard InChI is InChI=1S/C13H21N5O/c1-9(11-15-8-16-18-11)17-12(19)13-5-3-2-4-10(13)6-14-7-13/h8-10,14H,2-7H2,1H3,(H,17,19)(H,15,16,18)/t9?,10-,13+/m0/s1. The Morgan fingerprint density at radius 1 is 1.58 bits per heavy atom. The predicted octanol–water partition coefficient (Wildman–Crippen LogP) is 0.762. The molecule has 6 heteroatoms. The highest BCUT2D eigenvalue weighted by Gasteiger charge is 2.50. The van der Waals surface area contributed by atoms with Crippen LogP contribution in [0.3, 0.4) is 0 Å². The minimum absolute atomic E-state index is 0.118. The van der Waals surface area contributed by atoms with Gasteiger partial charge < -0.3 is 10.6 Å². The van der Waals surface area contributed by atoms with E-state index in [1.165, 1.54) is 12.7 Å². The van der Waals surface area contributed by atoms with E-state index in [2.05, 4.69) is 25.8 Å². The Hall–Kier alpha value is -1.43. The van der Waals surface area contributed by atoms with E-state index in [-0.39, 0.29) is 17.4 Å². The Morgan fingerprint density at radius 2 is 2.47 bits per heavy atom. The minimum Gasteiger partial charge on any atom is -0.346 e. The maximum Gasteiger partial charge on any atom is 0.228 e. The van der Waals surface area contributed by atoms with Crippen LogP contribution in [-0.4, -0.2) is 34.2 Å². The van der Waals surface area contributed by atoms with Gasteiger partial charge in [0.2, 0.25) is 5.91 Å². The van der Waals surface area contributed by atoms with Crippen LogP contribution < -0.4 is 10.6 Å². The van der Waals surface area contributed by atoms with Gasteiger partial charge in [0.1, 0.15) is 12.2 Å². The molecule has 3 N–H and O–H groups in total. The van der Waals surface area contributed by atoms with Gasteiger partial charge in [-0.15, -0.1) is 0 Å². The Morgan fingerprint density at radius 3 is 3.26 bits per heavy atom. The number of nitrogens with zero attached hydrogens (tertiary/aromatic N) is 2. The maximum atomic E-state index is 12.7. The molecule has 3 rings (SSSR count). The highest BCUT2D eigenvalue weighted by atomic mass is 16.2. The predicted molar refractivity (Wildman–Crippen MR) is 70.2 cm³/mol. The molecule has 0 spiro atoms. The molecule has 3 atom stereocenters. The number of aromatic amines is 1. The third-order valence-corrected chi connectivity index (χ3v) is 4.68. The van der Waals surface area contributed by atoms with E-state index >= 15 is 0 Å². The van der Waals surface area contributed by atoms with E-state index in [0.717, 1.165) is 32.4 Å². The zero-order valence-electron chi connectivity index (χ0n) is 11.3. The van der Waals surface area contributed by atoms with Crippen molar-refractivity contribution < 1.29 is 4.79 Å². The molecule has 0 bridgehead atoms. The number of carbonyl (C=O) groups excluding carboxylic acids is 1. The number of rotatable bonds is 3. The lowest BCUT2D eigenvalue weighted by atomic mass is 9.67. The number of nitrogens with one attached hydrogen (secondary N) is 3. The Kier molecular flexibility index (Phi) is 3.26. The van der Waals surface area contributed by atoms with Gasteiger partial charge in [0.15, 0.2) is 0 Å². The summed E-state index contributed by atoms with van der Waals surface area (Å²) in [6.45, 7) is 3.73. The van der Waals surface area contributed by atoms with Crippen molar-refractivity contribution in [2.75, 3.05) is 13.1 Å². The van der Waals surface area contributed by atoms with E-state index < -0.39 is 0 Å². The monoisotopic (exact) mass is 263 g/mol. The van der Waals surface area contributed by atoms with Crippen LogP contribution in [0, 0.1) is 11.3 Å². The lowest BCUT2D eigenvalue weighted by Crippen LogP contribution is -2.48. The van der Waals surface area contributed by atoms with Crippen LogP contribution in [0.15, 0.2) is 6.33 Å². The molecule has 1 saturated carbocycles. The van der Waals surface area contributed by atoms with Gasteiger partial charge in [-0.05, 0) is 32.2 Å². The van der Waals surface area contributed by atoms with Crippen molar-refractivity contribution in [3.05, 3.63) is 12.2 Å². The van der Waals surface area contributed by atoms with Crippen molar-refractivity contribution in [1.29, 1.82) is 0 Å². The number of aromatic nitrogens is 3. The van der Waals surface area contributed by atoms with E-state index in [1.807, 2.05) is 6.92 Å². The van der Waals surface area contributed by atoms with Gasteiger partial charge in [0.25, 0.3) is 0 Å². The molecule has 1 amide bonds. The van der Waals surface area contributed by atoms with Crippen LogP contribution >= 0.6 is 0 Å². The van der Waals surface area contributed by atoms with Crippen LogP contribution in [0.4, 0.5) is 0 Å². The van der Waals surface area contributed by atoms with Gasteiger partial charge in [-0.1, -0.05) is 12.8 Å². The smallest absolute Gasteiger partial charge is 0.228 e. The number of amides is 1. The second-order valence-corrected chi connectivity index (χ2v) is 5.80. The fourth-order valence-electron chi connectivity index (χ4n) is 3.52. The first-order valence-corrected chi connectivity index (χ1v) is 7.09. The summed E-state index contributed by atoms with van der Waals surface area (Å²) in [5.41, 5.74) is -0.202. The van der Waals surface area contributed by atoms with Gasteiger partial charge in [-0.25, -0.2) is 4.98 Å². The summed E-state index contributed by atoms with van der Waals surface area (Å²) < 4.78 is 0. The molecule has 1 aliphatic heterocycles. The summed E-state index contributed by atoms with van der Waals surface area (Å²) in [7, 11) is 0. The molecule has 0 radical (unpaired) electrons. The molecule has 19 heavy (non-hydrogen) atoms. The Balaban J connectivity index is 1.72. The van der Waals surface area contributed by atoms with Crippen LogP contribution in [0.1, 0.15) is 44.5 Å². The zero-order chi connectivity index (χ0) is 13.3. The molecule has 104 valence electrons. The van der Waals surface area contributed by atoms with Gasteiger partial charge in [0, 0.05) is 6.54 Å². The molecular weight excluding hydrogens is 242 g/mol. The molecule has 2 fully saturated rings.